The zero-order chi connectivity index (χ0) is 11.1. The molecular formula is C13H32. The van der Waals surface area contributed by atoms with E-state index in [1.807, 2.05) is 13.8 Å². The van der Waals surface area contributed by atoms with Gasteiger partial charge in [0.2, 0.25) is 0 Å². The summed E-state index contributed by atoms with van der Waals surface area (Å²) >= 11 is 0. The van der Waals surface area contributed by atoms with Gasteiger partial charge in [-0.1, -0.05) is 80.6 Å². The Morgan fingerprint density at radius 2 is 0.846 bits per heavy atom. The second-order valence-corrected chi connectivity index (χ2v) is 3.09. The minimum absolute atomic E-state index is 0.986. The van der Waals surface area contributed by atoms with E-state index in [0.29, 0.717) is 0 Å². The van der Waals surface area contributed by atoms with Crippen LogP contribution in [0.15, 0.2) is 0 Å². The highest BCUT2D eigenvalue weighted by atomic mass is 14.0. The van der Waals surface area contributed by atoms with Gasteiger partial charge >= 0.3 is 0 Å². The van der Waals surface area contributed by atoms with Crippen LogP contribution in [-0.4, -0.2) is 0 Å². The highest BCUT2D eigenvalue weighted by molar-refractivity contribution is 4.48. The number of hydrogen-bond donors (Lipinski definition) is 0. The van der Waals surface area contributed by atoms with Crippen molar-refractivity contribution < 1.29 is 0 Å². The summed E-state index contributed by atoms with van der Waals surface area (Å²) in [6.45, 7) is 15.1. The van der Waals surface area contributed by atoms with Gasteiger partial charge in [-0.15, -0.1) is 0 Å². The van der Waals surface area contributed by atoms with Gasteiger partial charge in [0.15, 0.2) is 0 Å². The van der Waals surface area contributed by atoms with E-state index in [2.05, 4.69) is 34.6 Å². The van der Waals surface area contributed by atoms with Crippen LogP contribution >= 0.6 is 0 Å². The van der Waals surface area contributed by atoms with Gasteiger partial charge in [-0.25, -0.2) is 0 Å². The van der Waals surface area contributed by atoms with Gasteiger partial charge in [-0.05, 0) is 5.92 Å². The molecule has 0 aliphatic carbocycles. The van der Waals surface area contributed by atoms with E-state index in [1.165, 1.54) is 32.1 Å². The van der Waals surface area contributed by atoms with Gasteiger partial charge in [0.05, 0.1) is 0 Å². The van der Waals surface area contributed by atoms with E-state index >= 15 is 0 Å². The summed E-state index contributed by atoms with van der Waals surface area (Å²) in [6.07, 6.45) is 6.70. The first-order chi connectivity index (χ1) is 6.26. The van der Waals surface area contributed by atoms with Crippen LogP contribution in [-0.2, 0) is 0 Å². The van der Waals surface area contributed by atoms with E-state index in [0.717, 1.165) is 5.92 Å². The van der Waals surface area contributed by atoms with Crippen LogP contribution in [0.25, 0.3) is 0 Å². The molecule has 0 nitrogen and oxygen atoms in total. The molecule has 0 saturated carbocycles. The lowest BCUT2D eigenvalue weighted by atomic mass is 10.0. The van der Waals surface area contributed by atoms with Crippen molar-refractivity contribution in [1.29, 1.82) is 0 Å². The molecule has 13 heavy (non-hydrogen) atoms. The summed E-state index contributed by atoms with van der Waals surface area (Å²) in [4.78, 5) is 0. The van der Waals surface area contributed by atoms with Gasteiger partial charge in [-0.2, -0.15) is 0 Å². The minimum atomic E-state index is 0.986. The highest BCUT2D eigenvalue weighted by Gasteiger charge is 1.95. The quantitative estimate of drug-likeness (QED) is 0.533. The molecule has 0 bridgehead atoms. The number of rotatable bonds is 4. The van der Waals surface area contributed by atoms with Crippen LogP contribution in [0.4, 0.5) is 0 Å². The molecule has 0 radical (unpaired) electrons. The summed E-state index contributed by atoms with van der Waals surface area (Å²) in [7, 11) is 0. The number of unbranched alkanes of at least 4 members (excludes halogenated alkanes) is 1. The first kappa shape index (κ1) is 18.7. The third kappa shape index (κ3) is 24.5. The second-order valence-electron chi connectivity index (χ2n) is 3.09. The third-order valence-electron chi connectivity index (χ3n) is 2.23. The van der Waals surface area contributed by atoms with Crippen LogP contribution in [0, 0.1) is 5.92 Å². The number of hydrogen-bond acceptors (Lipinski definition) is 0. The molecule has 0 rings (SSSR count). The summed E-state index contributed by atoms with van der Waals surface area (Å²) in [6, 6.07) is 0. The average molecular weight is 188 g/mol. The normalized spacial score (nSPS) is 8.31. The molecule has 0 heterocycles. The topological polar surface area (TPSA) is 0 Å². The summed E-state index contributed by atoms with van der Waals surface area (Å²) in [5, 5.41) is 0. The zero-order valence-electron chi connectivity index (χ0n) is 11.1. The molecule has 0 amide bonds. The van der Waals surface area contributed by atoms with Crippen molar-refractivity contribution in [3.05, 3.63) is 0 Å². The fourth-order valence-electron chi connectivity index (χ4n) is 0.866. The fraction of sp³-hybridized carbons (Fsp3) is 1.00. The van der Waals surface area contributed by atoms with E-state index in [4.69, 9.17) is 0 Å². The molecule has 0 aromatic rings. The average Bonchev–Trinajstić information content (AvgIpc) is 2.24. The Balaban J connectivity index is -0.000000142. The maximum Gasteiger partial charge on any atom is -0.0422 e. The van der Waals surface area contributed by atoms with Gasteiger partial charge < -0.3 is 0 Å². The molecule has 0 N–H and O–H groups in total. The molecule has 0 aromatic heterocycles. The molecule has 0 saturated heterocycles. The Morgan fingerprint density at radius 3 is 0.846 bits per heavy atom. The molecule has 0 aliphatic rings. The van der Waals surface area contributed by atoms with Gasteiger partial charge in [-0.3, -0.25) is 0 Å². The first-order valence-electron chi connectivity index (χ1n) is 6.26. The van der Waals surface area contributed by atoms with E-state index < -0.39 is 0 Å². The van der Waals surface area contributed by atoms with Crippen molar-refractivity contribution in [3.8, 4) is 0 Å². The third-order valence-corrected chi connectivity index (χ3v) is 2.23. The lowest BCUT2D eigenvalue weighted by molar-refractivity contribution is 0.477. The first-order valence-corrected chi connectivity index (χ1v) is 6.26. The zero-order valence-corrected chi connectivity index (χ0v) is 11.1. The minimum Gasteiger partial charge on any atom is -0.0683 e. The molecule has 0 aliphatic heterocycles. The summed E-state index contributed by atoms with van der Waals surface area (Å²) < 4.78 is 0. The van der Waals surface area contributed by atoms with Gasteiger partial charge in [0.25, 0.3) is 0 Å². The molecule has 0 aromatic carbocycles. The fourth-order valence-corrected chi connectivity index (χ4v) is 0.866. The molecule has 0 heteroatoms. The maximum atomic E-state index is 2.26. The van der Waals surface area contributed by atoms with Gasteiger partial charge in [0.1, 0.15) is 0 Å². The van der Waals surface area contributed by atoms with Crippen LogP contribution < -0.4 is 0 Å². The molecule has 84 valence electrons. The van der Waals surface area contributed by atoms with E-state index in [-0.39, 0.29) is 0 Å². The Kier molecular flexibility index (Phi) is 32.7. The Labute approximate surface area is 87.1 Å². The van der Waals surface area contributed by atoms with Crippen molar-refractivity contribution in [2.24, 2.45) is 5.92 Å². The molecule has 0 spiro atoms. The Bertz CT molecular complexity index is 36.5. The van der Waals surface area contributed by atoms with Crippen molar-refractivity contribution in [2.75, 3.05) is 0 Å². The second kappa shape index (κ2) is 22.7. The lowest BCUT2D eigenvalue weighted by Crippen LogP contribution is -1.91. The van der Waals surface area contributed by atoms with Crippen molar-refractivity contribution in [2.45, 2.75) is 80.6 Å². The maximum absolute atomic E-state index is 2.26. The van der Waals surface area contributed by atoms with Crippen molar-refractivity contribution >= 4 is 0 Å². The van der Waals surface area contributed by atoms with E-state index in [9.17, 15) is 0 Å². The smallest absolute Gasteiger partial charge is 0.0422 e. The SMILES string of the molecule is CC.CCC(CC)CC.CCCC. The monoisotopic (exact) mass is 188 g/mol. The van der Waals surface area contributed by atoms with E-state index in [1.54, 1.807) is 0 Å². The largest absolute Gasteiger partial charge is 0.0683 e. The summed E-state index contributed by atoms with van der Waals surface area (Å²) in [5.41, 5.74) is 0. The van der Waals surface area contributed by atoms with Crippen molar-refractivity contribution in [1.82, 2.24) is 0 Å². The van der Waals surface area contributed by atoms with Gasteiger partial charge in [0, 0.05) is 0 Å². The molecule has 0 fully saturated rings. The Morgan fingerprint density at radius 1 is 0.615 bits per heavy atom. The summed E-state index contributed by atoms with van der Waals surface area (Å²) in [5.74, 6) is 0.986. The molecule has 0 atom stereocenters. The van der Waals surface area contributed by atoms with Crippen LogP contribution in [0.2, 0.25) is 0 Å². The van der Waals surface area contributed by atoms with Crippen molar-refractivity contribution in [3.63, 3.8) is 0 Å². The molecule has 0 unspecified atom stereocenters. The Hall–Kier alpha value is 0. The highest BCUT2D eigenvalue weighted by Crippen LogP contribution is 2.09. The lowest BCUT2D eigenvalue weighted by Gasteiger charge is -2.05. The van der Waals surface area contributed by atoms with Crippen LogP contribution in [0.3, 0.4) is 0 Å². The van der Waals surface area contributed by atoms with Crippen LogP contribution in [0.5, 0.6) is 0 Å². The standard InChI is InChI=1S/C7H16.C4H10.C2H6/c1-4-7(5-2)6-3;1-3-4-2;1-2/h7H,4-6H2,1-3H3;3-4H2,1-2H3;1-2H3. The predicted octanol–water partition coefficient (Wildman–Crippen LogP) is 5.67. The van der Waals surface area contributed by atoms with Crippen LogP contribution in [0.1, 0.15) is 80.6 Å². The predicted molar refractivity (Wildman–Crippen MR) is 66.3 cm³/mol. The molecular weight excluding hydrogens is 156 g/mol.